The lowest BCUT2D eigenvalue weighted by Gasteiger charge is -2.39. The number of rotatable bonds is 2. The summed E-state index contributed by atoms with van der Waals surface area (Å²) >= 11 is 0. The van der Waals surface area contributed by atoms with Gasteiger partial charge in [-0.2, -0.15) is 0 Å². The molecule has 62 valence electrons. The number of carbonyl (C=O) groups is 2. The van der Waals surface area contributed by atoms with Crippen molar-refractivity contribution in [1.82, 2.24) is 0 Å². The topological polar surface area (TPSA) is 101 Å². The molecule has 1 atom stereocenters. The largest absolute Gasteiger partial charge is 0.480 e. The van der Waals surface area contributed by atoms with Crippen molar-refractivity contribution >= 4 is 11.9 Å². The Bertz CT molecular complexity index is 199. The molecule has 0 aromatic rings. The zero-order valence-electron chi connectivity index (χ0n) is 5.78. The maximum Gasteiger partial charge on any atom is 0.322 e. The minimum absolute atomic E-state index is 0.138. The van der Waals surface area contributed by atoms with Gasteiger partial charge in [0.25, 0.3) is 0 Å². The van der Waals surface area contributed by atoms with Crippen LogP contribution in [0.5, 0.6) is 0 Å². The number of aliphatic carboxylic acids is 2. The molecule has 0 spiro atoms. The van der Waals surface area contributed by atoms with E-state index in [-0.39, 0.29) is 6.42 Å². The molecule has 0 saturated heterocycles. The predicted octanol–water partition coefficient (Wildman–Crippen LogP) is -0.737. The van der Waals surface area contributed by atoms with Crippen LogP contribution >= 0.6 is 0 Å². The van der Waals surface area contributed by atoms with E-state index in [2.05, 4.69) is 0 Å². The third kappa shape index (κ3) is 0.808. The SMILES string of the molecule is NC1CCC1(C(=O)O)C(=O)O. The van der Waals surface area contributed by atoms with Crippen molar-refractivity contribution in [2.24, 2.45) is 11.1 Å². The number of nitrogens with two attached hydrogens (primary N) is 1. The van der Waals surface area contributed by atoms with E-state index in [1.54, 1.807) is 0 Å². The molecule has 0 aliphatic heterocycles. The molecule has 5 nitrogen and oxygen atoms in total. The van der Waals surface area contributed by atoms with Gasteiger partial charge < -0.3 is 15.9 Å². The van der Waals surface area contributed by atoms with E-state index in [1.807, 2.05) is 0 Å². The van der Waals surface area contributed by atoms with Gasteiger partial charge in [0.05, 0.1) is 0 Å². The highest BCUT2D eigenvalue weighted by Gasteiger charge is 2.57. The van der Waals surface area contributed by atoms with Crippen LogP contribution in [-0.2, 0) is 9.59 Å². The molecular formula is C6H9NO4. The molecule has 4 N–H and O–H groups in total. The van der Waals surface area contributed by atoms with Gasteiger partial charge in [0.15, 0.2) is 5.41 Å². The molecule has 5 heteroatoms. The Labute approximate surface area is 62.8 Å². The first-order valence-electron chi connectivity index (χ1n) is 3.24. The van der Waals surface area contributed by atoms with E-state index in [0.29, 0.717) is 6.42 Å². The van der Waals surface area contributed by atoms with Crippen molar-refractivity contribution in [1.29, 1.82) is 0 Å². The lowest BCUT2D eigenvalue weighted by atomic mass is 9.65. The fraction of sp³-hybridized carbons (Fsp3) is 0.667. The summed E-state index contributed by atoms with van der Waals surface area (Å²) in [6, 6.07) is -0.738. The van der Waals surface area contributed by atoms with E-state index in [0.717, 1.165) is 0 Å². The number of carboxylic acids is 2. The van der Waals surface area contributed by atoms with Gasteiger partial charge in [-0.25, -0.2) is 0 Å². The van der Waals surface area contributed by atoms with Crippen molar-refractivity contribution in [3.05, 3.63) is 0 Å². The van der Waals surface area contributed by atoms with Gasteiger partial charge in [0, 0.05) is 6.04 Å². The summed E-state index contributed by atoms with van der Waals surface area (Å²) in [5.74, 6) is -2.66. The minimum atomic E-state index is -1.71. The summed E-state index contributed by atoms with van der Waals surface area (Å²) in [7, 11) is 0. The molecule has 0 aromatic heterocycles. The standard InChI is InChI=1S/C6H9NO4/c7-3-1-2-6(3,4(8)9)5(10)11/h3H,1-2,7H2,(H,8,9)(H,10,11). The molecule has 0 amide bonds. The van der Waals surface area contributed by atoms with Crippen molar-refractivity contribution in [2.45, 2.75) is 18.9 Å². The van der Waals surface area contributed by atoms with Crippen LogP contribution in [0.2, 0.25) is 0 Å². The summed E-state index contributed by atoms with van der Waals surface area (Å²) in [5.41, 5.74) is 3.59. The first kappa shape index (κ1) is 8.00. The molecule has 11 heavy (non-hydrogen) atoms. The third-order valence-corrected chi connectivity index (χ3v) is 2.25. The molecule has 0 aromatic carbocycles. The highest BCUT2D eigenvalue weighted by molar-refractivity contribution is 6.00. The summed E-state index contributed by atoms with van der Waals surface area (Å²) in [4.78, 5) is 21.0. The highest BCUT2D eigenvalue weighted by atomic mass is 16.4. The Morgan fingerprint density at radius 3 is 1.82 bits per heavy atom. The Morgan fingerprint density at radius 1 is 1.36 bits per heavy atom. The van der Waals surface area contributed by atoms with Crippen LogP contribution in [0.1, 0.15) is 12.8 Å². The summed E-state index contributed by atoms with van der Waals surface area (Å²) < 4.78 is 0. The molecule has 0 bridgehead atoms. The van der Waals surface area contributed by atoms with Crippen molar-refractivity contribution in [3.8, 4) is 0 Å². The van der Waals surface area contributed by atoms with Crippen molar-refractivity contribution < 1.29 is 19.8 Å². The molecule has 1 saturated carbocycles. The lowest BCUT2D eigenvalue weighted by Crippen LogP contribution is -2.60. The van der Waals surface area contributed by atoms with Gasteiger partial charge in [-0.15, -0.1) is 0 Å². The Morgan fingerprint density at radius 2 is 1.82 bits per heavy atom. The average molecular weight is 159 g/mol. The fourth-order valence-electron chi connectivity index (χ4n) is 1.22. The molecule has 1 unspecified atom stereocenters. The first-order chi connectivity index (χ1) is 5.01. The highest BCUT2D eigenvalue weighted by Crippen LogP contribution is 2.40. The van der Waals surface area contributed by atoms with Gasteiger partial charge in [0.1, 0.15) is 0 Å². The number of hydrogen-bond donors (Lipinski definition) is 3. The smallest absolute Gasteiger partial charge is 0.322 e. The lowest BCUT2D eigenvalue weighted by molar-refractivity contribution is -0.173. The number of hydrogen-bond acceptors (Lipinski definition) is 3. The predicted molar refractivity (Wildman–Crippen MR) is 34.9 cm³/mol. The normalized spacial score (nSPS) is 27.2. The molecule has 1 aliphatic carbocycles. The first-order valence-corrected chi connectivity index (χ1v) is 3.24. The Balaban J connectivity index is 2.90. The van der Waals surface area contributed by atoms with Gasteiger partial charge in [-0.05, 0) is 12.8 Å². The van der Waals surface area contributed by atoms with Crippen LogP contribution in [0.15, 0.2) is 0 Å². The van der Waals surface area contributed by atoms with Crippen LogP contribution in [0.25, 0.3) is 0 Å². The van der Waals surface area contributed by atoms with Gasteiger partial charge in [-0.3, -0.25) is 9.59 Å². The zero-order chi connectivity index (χ0) is 8.65. The third-order valence-electron chi connectivity index (χ3n) is 2.25. The van der Waals surface area contributed by atoms with Crippen molar-refractivity contribution in [2.75, 3.05) is 0 Å². The van der Waals surface area contributed by atoms with Crippen LogP contribution in [0.4, 0.5) is 0 Å². The average Bonchev–Trinajstić information content (AvgIpc) is 1.83. The monoisotopic (exact) mass is 159 g/mol. The van der Waals surface area contributed by atoms with E-state index in [4.69, 9.17) is 15.9 Å². The quantitative estimate of drug-likeness (QED) is 0.461. The molecule has 0 radical (unpaired) electrons. The van der Waals surface area contributed by atoms with Gasteiger partial charge in [0.2, 0.25) is 0 Å². The number of carboxylic acid groups (broad SMARTS) is 2. The molecule has 1 rings (SSSR count). The minimum Gasteiger partial charge on any atom is -0.480 e. The summed E-state index contributed by atoms with van der Waals surface area (Å²) in [6.07, 6.45) is 0.609. The molecule has 0 heterocycles. The van der Waals surface area contributed by atoms with Crippen LogP contribution in [-0.4, -0.2) is 28.2 Å². The van der Waals surface area contributed by atoms with Crippen LogP contribution < -0.4 is 5.73 Å². The fourth-order valence-corrected chi connectivity index (χ4v) is 1.22. The zero-order valence-corrected chi connectivity index (χ0v) is 5.78. The molecule has 1 fully saturated rings. The molecular weight excluding hydrogens is 150 g/mol. The Kier molecular flexibility index (Phi) is 1.60. The van der Waals surface area contributed by atoms with E-state index >= 15 is 0 Å². The summed E-state index contributed by atoms with van der Waals surface area (Å²) in [6.45, 7) is 0. The van der Waals surface area contributed by atoms with Crippen molar-refractivity contribution in [3.63, 3.8) is 0 Å². The van der Waals surface area contributed by atoms with E-state index in [1.165, 1.54) is 0 Å². The second-order valence-corrected chi connectivity index (χ2v) is 2.73. The molecule has 1 aliphatic rings. The summed E-state index contributed by atoms with van der Waals surface area (Å²) in [5, 5.41) is 17.1. The van der Waals surface area contributed by atoms with Gasteiger partial charge >= 0.3 is 11.9 Å². The maximum atomic E-state index is 10.5. The van der Waals surface area contributed by atoms with E-state index in [9.17, 15) is 9.59 Å². The van der Waals surface area contributed by atoms with Gasteiger partial charge in [-0.1, -0.05) is 0 Å². The Hall–Kier alpha value is -1.10. The van der Waals surface area contributed by atoms with Crippen LogP contribution in [0.3, 0.4) is 0 Å². The van der Waals surface area contributed by atoms with Crippen LogP contribution in [0, 0.1) is 5.41 Å². The second kappa shape index (κ2) is 2.20. The maximum absolute atomic E-state index is 10.5. The van der Waals surface area contributed by atoms with E-state index < -0.39 is 23.4 Å². The second-order valence-electron chi connectivity index (χ2n) is 2.73.